The zero-order chi connectivity index (χ0) is 8.93. The van der Waals surface area contributed by atoms with E-state index in [1.54, 1.807) is 0 Å². The van der Waals surface area contributed by atoms with Crippen LogP contribution < -0.4 is 5.84 Å². The van der Waals surface area contributed by atoms with Gasteiger partial charge in [0.15, 0.2) is 14.2 Å². The van der Waals surface area contributed by atoms with Crippen molar-refractivity contribution in [3.05, 3.63) is 0 Å². The van der Waals surface area contributed by atoms with Gasteiger partial charge < -0.3 is 0 Å². The molecule has 2 rings (SSSR count). The van der Waals surface area contributed by atoms with Gasteiger partial charge in [-0.2, -0.15) is 0 Å². The zero-order valence-electron chi connectivity index (χ0n) is 6.13. The van der Waals surface area contributed by atoms with Gasteiger partial charge in [0.05, 0.1) is 17.5 Å². The van der Waals surface area contributed by atoms with E-state index < -0.39 is 9.84 Å². The first-order valence-electron chi connectivity index (χ1n) is 3.44. The first kappa shape index (κ1) is 8.74. The minimum absolute atomic E-state index is 0.0625. The van der Waals surface area contributed by atoms with Crippen LogP contribution in [0, 0.1) is 0 Å². The Morgan fingerprint density at radius 3 is 2.83 bits per heavy atom. The number of hydrazine groups is 1. The van der Waals surface area contributed by atoms with Crippen molar-refractivity contribution in [3.63, 3.8) is 0 Å². The van der Waals surface area contributed by atoms with Crippen LogP contribution in [-0.2, 0) is 9.84 Å². The second-order valence-corrected chi connectivity index (χ2v) is 7.00. The molecule has 0 spiro atoms. The van der Waals surface area contributed by atoms with Crippen LogP contribution in [-0.4, -0.2) is 40.5 Å². The summed E-state index contributed by atoms with van der Waals surface area (Å²) in [6, 6.07) is -0.0903. The molecule has 0 aliphatic carbocycles. The van der Waals surface area contributed by atoms with Crippen LogP contribution in [0.15, 0.2) is 0 Å². The van der Waals surface area contributed by atoms with Crippen LogP contribution in [0.5, 0.6) is 0 Å². The van der Waals surface area contributed by atoms with Crippen LogP contribution in [0.3, 0.4) is 0 Å². The molecule has 2 aliphatic heterocycles. The molecule has 4 nitrogen and oxygen atoms in total. The minimum atomic E-state index is -2.86. The third kappa shape index (κ3) is 1.24. The molecule has 0 aromatic heterocycles. The first-order valence-corrected chi connectivity index (χ1v) is 6.55. The molecule has 2 atom stereocenters. The van der Waals surface area contributed by atoms with E-state index in [0.717, 1.165) is 0 Å². The Kier molecular flexibility index (Phi) is 1.87. The van der Waals surface area contributed by atoms with E-state index in [0.29, 0.717) is 4.32 Å². The molecule has 2 heterocycles. The standard InChI is InChI=1S/C5H8N2O2S3/c6-7-3-1-12(8,9)2-4(3)11-5(7)10/h3-4H,1-2,6H2/t3-,4+/m1/s1. The van der Waals surface area contributed by atoms with Crippen LogP contribution >= 0.6 is 24.0 Å². The summed E-state index contributed by atoms with van der Waals surface area (Å²) in [6.45, 7) is 0. The highest BCUT2D eigenvalue weighted by atomic mass is 32.2. The Labute approximate surface area is 80.4 Å². The van der Waals surface area contributed by atoms with Crippen molar-refractivity contribution in [2.45, 2.75) is 11.3 Å². The Hall–Kier alpha value is 0.150. The van der Waals surface area contributed by atoms with Gasteiger partial charge in [0, 0.05) is 5.25 Å². The molecule has 0 unspecified atom stereocenters. The van der Waals surface area contributed by atoms with Gasteiger partial charge in [0.1, 0.15) is 0 Å². The summed E-state index contributed by atoms with van der Waals surface area (Å²) < 4.78 is 22.9. The fourth-order valence-corrected chi connectivity index (χ4v) is 5.69. The van der Waals surface area contributed by atoms with Gasteiger partial charge in [-0.1, -0.05) is 24.0 Å². The van der Waals surface area contributed by atoms with Gasteiger partial charge >= 0.3 is 0 Å². The largest absolute Gasteiger partial charge is 0.290 e. The number of hydrogen-bond donors (Lipinski definition) is 1. The topological polar surface area (TPSA) is 63.4 Å². The van der Waals surface area contributed by atoms with Crippen molar-refractivity contribution in [2.24, 2.45) is 5.84 Å². The molecule has 0 aromatic rings. The average molecular weight is 224 g/mol. The zero-order valence-corrected chi connectivity index (χ0v) is 8.58. The molecule has 0 bridgehead atoms. The fraction of sp³-hybridized carbons (Fsp3) is 0.800. The fourth-order valence-electron chi connectivity index (χ4n) is 1.49. The molecule has 68 valence electrons. The maximum absolute atomic E-state index is 11.2. The number of nitrogens with zero attached hydrogens (tertiary/aromatic N) is 1. The van der Waals surface area contributed by atoms with Gasteiger partial charge in [0.25, 0.3) is 0 Å². The minimum Gasteiger partial charge on any atom is -0.290 e. The SMILES string of the molecule is NN1C(=S)S[C@H]2CS(=O)(=O)C[C@H]21. The first-order chi connectivity index (χ1) is 5.49. The molecule has 0 amide bonds. The number of thiocarbonyl (C=S) groups is 1. The molecule has 7 heteroatoms. The van der Waals surface area contributed by atoms with Crippen molar-refractivity contribution in [1.29, 1.82) is 0 Å². The van der Waals surface area contributed by atoms with Crippen LogP contribution in [0.25, 0.3) is 0 Å². The number of fused-ring (bicyclic) bond motifs is 1. The van der Waals surface area contributed by atoms with Crippen molar-refractivity contribution in [1.82, 2.24) is 5.01 Å². The predicted octanol–water partition coefficient (Wildman–Crippen LogP) is -0.641. The molecule has 2 fully saturated rings. The maximum atomic E-state index is 11.2. The van der Waals surface area contributed by atoms with E-state index in [1.807, 2.05) is 0 Å². The van der Waals surface area contributed by atoms with Gasteiger partial charge in [-0.05, 0) is 0 Å². The van der Waals surface area contributed by atoms with Crippen molar-refractivity contribution < 1.29 is 8.42 Å². The third-order valence-electron chi connectivity index (χ3n) is 2.09. The number of thioether (sulfide) groups is 1. The van der Waals surface area contributed by atoms with Crippen molar-refractivity contribution in [2.75, 3.05) is 11.5 Å². The lowest BCUT2D eigenvalue weighted by Crippen LogP contribution is -2.41. The summed E-state index contributed by atoms with van der Waals surface area (Å²) in [4.78, 5) is 0. The Morgan fingerprint density at radius 2 is 2.25 bits per heavy atom. The van der Waals surface area contributed by atoms with Gasteiger partial charge in [-0.15, -0.1) is 0 Å². The molecule has 2 N–H and O–H groups in total. The number of nitrogens with two attached hydrogens (primary N) is 1. The molecule has 2 saturated heterocycles. The van der Waals surface area contributed by atoms with E-state index >= 15 is 0 Å². The summed E-state index contributed by atoms with van der Waals surface area (Å²) in [6.07, 6.45) is 0. The monoisotopic (exact) mass is 224 g/mol. The maximum Gasteiger partial charge on any atom is 0.153 e. The predicted molar refractivity (Wildman–Crippen MR) is 52.4 cm³/mol. The second kappa shape index (κ2) is 2.57. The van der Waals surface area contributed by atoms with Crippen LogP contribution in [0.1, 0.15) is 0 Å². The Morgan fingerprint density at radius 1 is 1.58 bits per heavy atom. The lowest BCUT2D eigenvalue weighted by Gasteiger charge is -2.16. The third-order valence-corrected chi connectivity index (χ3v) is 5.72. The highest BCUT2D eigenvalue weighted by molar-refractivity contribution is 8.24. The van der Waals surface area contributed by atoms with Gasteiger partial charge in [-0.3, -0.25) is 5.01 Å². The van der Waals surface area contributed by atoms with Crippen molar-refractivity contribution >= 4 is 38.1 Å². The second-order valence-electron chi connectivity index (χ2n) is 2.97. The molecule has 0 radical (unpaired) electrons. The van der Waals surface area contributed by atoms with E-state index in [1.165, 1.54) is 16.8 Å². The number of hydrogen-bond acceptors (Lipinski definition) is 5. The Balaban J connectivity index is 2.27. The van der Waals surface area contributed by atoms with Crippen molar-refractivity contribution in [3.8, 4) is 0 Å². The van der Waals surface area contributed by atoms with Crippen LogP contribution in [0.4, 0.5) is 0 Å². The quantitative estimate of drug-likeness (QED) is 0.436. The number of rotatable bonds is 0. The van der Waals surface area contributed by atoms with E-state index in [9.17, 15) is 8.42 Å². The highest BCUT2D eigenvalue weighted by Crippen LogP contribution is 2.35. The summed E-state index contributed by atoms with van der Waals surface area (Å²) >= 11 is 6.34. The normalized spacial score (nSPS) is 38.8. The molecule has 2 aliphatic rings. The molecular weight excluding hydrogens is 216 g/mol. The summed E-state index contributed by atoms with van der Waals surface area (Å²) in [5.74, 6) is 5.96. The lowest BCUT2D eigenvalue weighted by atomic mass is 10.2. The summed E-state index contributed by atoms with van der Waals surface area (Å²) in [5, 5.41) is 1.47. The molecule has 0 saturated carbocycles. The summed E-state index contributed by atoms with van der Waals surface area (Å²) in [7, 11) is -2.86. The average Bonchev–Trinajstić information content (AvgIpc) is 2.33. The van der Waals surface area contributed by atoms with Gasteiger partial charge in [-0.25, -0.2) is 14.3 Å². The van der Waals surface area contributed by atoms with Crippen LogP contribution in [0.2, 0.25) is 0 Å². The van der Waals surface area contributed by atoms with E-state index in [2.05, 4.69) is 0 Å². The molecule has 0 aromatic carbocycles. The number of sulfone groups is 1. The van der Waals surface area contributed by atoms with E-state index in [4.69, 9.17) is 18.1 Å². The van der Waals surface area contributed by atoms with E-state index in [-0.39, 0.29) is 22.8 Å². The lowest BCUT2D eigenvalue weighted by molar-refractivity contribution is 0.377. The highest BCUT2D eigenvalue weighted by Gasteiger charge is 2.47. The molecule has 12 heavy (non-hydrogen) atoms. The molecular formula is C5H8N2O2S3. The summed E-state index contributed by atoms with van der Waals surface area (Å²) in [5.41, 5.74) is 0. The Bertz CT molecular complexity index is 326. The smallest absolute Gasteiger partial charge is 0.153 e. The van der Waals surface area contributed by atoms with Gasteiger partial charge in [0.2, 0.25) is 0 Å².